The van der Waals surface area contributed by atoms with Gasteiger partial charge in [0.15, 0.2) is 16.1 Å². The number of carbonyl (C=O) groups excluding carboxylic acids is 1. The van der Waals surface area contributed by atoms with Crippen LogP contribution in [0.5, 0.6) is 5.75 Å². The molecule has 0 heterocycles. The van der Waals surface area contributed by atoms with Crippen molar-refractivity contribution >= 4 is 16.1 Å². The van der Waals surface area contributed by atoms with Crippen LogP contribution in [0.4, 0.5) is 0 Å². The minimum absolute atomic E-state index is 0.0320. The van der Waals surface area contributed by atoms with Crippen LogP contribution in [0.2, 0.25) is 0 Å². The van der Waals surface area contributed by atoms with Gasteiger partial charge in [0.2, 0.25) is 0 Å². The van der Waals surface area contributed by atoms with Crippen LogP contribution < -0.4 is 4.74 Å². The number of rotatable bonds is 3. The number of para-hydroxylation sites is 1. The van der Waals surface area contributed by atoms with Crippen LogP contribution in [-0.4, -0.2) is 28.1 Å². The summed E-state index contributed by atoms with van der Waals surface area (Å²) >= 11 is 0. The summed E-state index contributed by atoms with van der Waals surface area (Å²) in [5, 5.41) is 0. The van der Waals surface area contributed by atoms with Crippen molar-refractivity contribution < 1.29 is 17.9 Å². The van der Waals surface area contributed by atoms with Crippen molar-refractivity contribution in [3.63, 3.8) is 0 Å². The van der Waals surface area contributed by atoms with Gasteiger partial charge in [-0.3, -0.25) is 4.79 Å². The van der Waals surface area contributed by atoms with Crippen molar-refractivity contribution in [2.75, 3.05) is 13.4 Å². The van der Waals surface area contributed by atoms with E-state index in [-0.39, 0.29) is 16.2 Å². The Kier molecular flexibility index (Phi) is 2.90. The summed E-state index contributed by atoms with van der Waals surface area (Å²) in [5.41, 5.74) is 0.232. The number of hydrogen-bond acceptors (Lipinski definition) is 4. The molecule has 5 heteroatoms. The lowest BCUT2D eigenvalue weighted by molar-refractivity contribution is 0.112. The third kappa shape index (κ3) is 1.93. The standard InChI is InChI=1S/C9H10O4S/c1-13-9-7(6-10)4-3-5-8(9)14(2,11)12/h3-6H,1-2H3. The van der Waals surface area contributed by atoms with Crippen LogP contribution in [0.15, 0.2) is 23.1 Å². The van der Waals surface area contributed by atoms with Crippen LogP contribution in [0.1, 0.15) is 10.4 Å². The molecule has 0 aliphatic heterocycles. The van der Waals surface area contributed by atoms with E-state index in [0.29, 0.717) is 6.29 Å². The molecule has 0 aromatic heterocycles. The van der Waals surface area contributed by atoms with Gasteiger partial charge in [-0.2, -0.15) is 0 Å². The van der Waals surface area contributed by atoms with E-state index in [4.69, 9.17) is 4.74 Å². The normalized spacial score (nSPS) is 11.0. The fourth-order valence-corrected chi connectivity index (χ4v) is 2.00. The minimum atomic E-state index is -3.36. The van der Waals surface area contributed by atoms with Gasteiger partial charge in [-0.25, -0.2) is 8.42 Å². The second-order valence-corrected chi connectivity index (χ2v) is 4.75. The summed E-state index contributed by atoms with van der Waals surface area (Å²) in [4.78, 5) is 10.6. The van der Waals surface area contributed by atoms with E-state index in [2.05, 4.69) is 0 Å². The molecule has 1 aromatic rings. The summed E-state index contributed by atoms with van der Waals surface area (Å²) in [5.74, 6) is 0.102. The van der Waals surface area contributed by atoms with E-state index in [9.17, 15) is 13.2 Å². The van der Waals surface area contributed by atoms with Gasteiger partial charge in [-0.1, -0.05) is 6.07 Å². The highest BCUT2D eigenvalue weighted by Gasteiger charge is 2.16. The molecule has 0 spiro atoms. The third-order valence-electron chi connectivity index (χ3n) is 1.74. The molecule has 0 bridgehead atoms. The summed E-state index contributed by atoms with van der Waals surface area (Å²) in [6.07, 6.45) is 1.63. The predicted octanol–water partition coefficient (Wildman–Crippen LogP) is 0.911. The van der Waals surface area contributed by atoms with Crippen molar-refractivity contribution in [3.8, 4) is 5.75 Å². The Balaban J connectivity index is 3.52. The largest absolute Gasteiger partial charge is 0.495 e. The molecule has 1 rings (SSSR count). The molecule has 0 amide bonds. The number of ether oxygens (including phenoxy) is 1. The Morgan fingerprint density at radius 3 is 2.43 bits per heavy atom. The number of sulfone groups is 1. The number of carbonyl (C=O) groups is 1. The first-order valence-electron chi connectivity index (χ1n) is 3.83. The highest BCUT2D eigenvalue weighted by atomic mass is 32.2. The van der Waals surface area contributed by atoms with Gasteiger partial charge in [0.1, 0.15) is 10.6 Å². The SMILES string of the molecule is COc1c(C=O)cccc1S(C)(=O)=O. The maximum atomic E-state index is 11.3. The lowest BCUT2D eigenvalue weighted by Crippen LogP contribution is -2.02. The van der Waals surface area contributed by atoms with E-state index < -0.39 is 9.84 Å². The topological polar surface area (TPSA) is 60.4 Å². The molecule has 14 heavy (non-hydrogen) atoms. The van der Waals surface area contributed by atoms with Crippen molar-refractivity contribution in [2.24, 2.45) is 0 Å². The first-order chi connectivity index (χ1) is 6.50. The van der Waals surface area contributed by atoms with Crippen LogP contribution in [0.3, 0.4) is 0 Å². The summed E-state index contributed by atoms with van der Waals surface area (Å²) in [7, 11) is -2.03. The maximum Gasteiger partial charge on any atom is 0.179 e. The molecule has 76 valence electrons. The quantitative estimate of drug-likeness (QED) is 0.702. The molecule has 0 radical (unpaired) electrons. The average Bonchev–Trinajstić information content (AvgIpc) is 2.15. The number of methoxy groups -OCH3 is 1. The van der Waals surface area contributed by atoms with Gasteiger partial charge in [-0.05, 0) is 12.1 Å². The highest BCUT2D eigenvalue weighted by Crippen LogP contribution is 2.26. The second-order valence-electron chi connectivity index (χ2n) is 2.77. The van der Waals surface area contributed by atoms with Gasteiger partial charge in [0.25, 0.3) is 0 Å². The molecule has 0 saturated carbocycles. The molecule has 0 saturated heterocycles. The van der Waals surface area contributed by atoms with Crippen molar-refractivity contribution in [1.82, 2.24) is 0 Å². The zero-order valence-electron chi connectivity index (χ0n) is 7.85. The number of benzene rings is 1. The highest BCUT2D eigenvalue weighted by molar-refractivity contribution is 7.90. The van der Waals surface area contributed by atoms with Crippen LogP contribution >= 0.6 is 0 Å². The molecule has 0 aliphatic carbocycles. The van der Waals surface area contributed by atoms with Crippen molar-refractivity contribution in [2.45, 2.75) is 4.90 Å². The number of aldehydes is 1. The van der Waals surface area contributed by atoms with Crippen LogP contribution in [0, 0.1) is 0 Å². The van der Waals surface area contributed by atoms with Gasteiger partial charge in [0, 0.05) is 6.26 Å². The summed E-state index contributed by atoms with van der Waals surface area (Å²) in [6.45, 7) is 0. The Labute approximate surface area is 82.4 Å². The van der Waals surface area contributed by atoms with E-state index in [0.717, 1.165) is 6.26 Å². The van der Waals surface area contributed by atoms with E-state index in [1.807, 2.05) is 0 Å². The van der Waals surface area contributed by atoms with Gasteiger partial charge in [0.05, 0.1) is 12.7 Å². The minimum Gasteiger partial charge on any atom is -0.495 e. The average molecular weight is 214 g/mol. The van der Waals surface area contributed by atoms with Gasteiger partial charge < -0.3 is 4.74 Å². The summed E-state index contributed by atoms with van der Waals surface area (Å²) in [6, 6.07) is 4.41. The maximum absolute atomic E-state index is 11.3. The monoisotopic (exact) mass is 214 g/mol. The van der Waals surface area contributed by atoms with E-state index >= 15 is 0 Å². The molecule has 0 fully saturated rings. The second kappa shape index (κ2) is 3.79. The third-order valence-corrected chi connectivity index (χ3v) is 2.86. The zero-order chi connectivity index (χ0) is 10.8. The molecule has 1 aromatic carbocycles. The molecular weight excluding hydrogens is 204 g/mol. The van der Waals surface area contributed by atoms with E-state index in [1.165, 1.54) is 25.3 Å². The molecule has 0 N–H and O–H groups in total. The lowest BCUT2D eigenvalue weighted by atomic mass is 10.2. The van der Waals surface area contributed by atoms with Crippen molar-refractivity contribution in [3.05, 3.63) is 23.8 Å². The first-order valence-corrected chi connectivity index (χ1v) is 5.72. The lowest BCUT2D eigenvalue weighted by Gasteiger charge is -2.08. The van der Waals surface area contributed by atoms with Crippen LogP contribution in [-0.2, 0) is 9.84 Å². The molecule has 0 unspecified atom stereocenters. The molecule has 4 nitrogen and oxygen atoms in total. The van der Waals surface area contributed by atoms with Crippen LogP contribution in [0.25, 0.3) is 0 Å². The molecule has 0 aliphatic rings. The zero-order valence-corrected chi connectivity index (χ0v) is 8.67. The Bertz CT molecular complexity index is 448. The van der Waals surface area contributed by atoms with Gasteiger partial charge in [-0.15, -0.1) is 0 Å². The fourth-order valence-electron chi connectivity index (χ4n) is 1.14. The predicted molar refractivity (Wildman–Crippen MR) is 51.5 cm³/mol. The van der Waals surface area contributed by atoms with Crippen molar-refractivity contribution in [1.29, 1.82) is 0 Å². The molecular formula is C9H10O4S. The Morgan fingerprint density at radius 1 is 1.36 bits per heavy atom. The summed E-state index contributed by atoms with van der Waals surface area (Å²) < 4.78 is 27.5. The van der Waals surface area contributed by atoms with Gasteiger partial charge >= 0.3 is 0 Å². The first kappa shape index (κ1) is 10.7. The Morgan fingerprint density at radius 2 is 2.00 bits per heavy atom. The smallest absolute Gasteiger partial charge is 0.179 e. The fraction of sp³-hybridized carbons (Fsp3) is 0.222. The van der Waals surface area contributed by atoms with E-state index in [1.54, 1.807) is 0 Å². The number of hydrogen-bond donors (Lipinski definition) is 0. The molecule has 0 atom stereocenters. The Hall–Kier alpha value is -1.36.